The molecule has 0 saturated heterocycles. The maximum atomic E-state index is 11.0. The number of hydrogen-bond donors (Lipinski definition) is 2. The predicted octanol–water partition coefficient (Wildman–Crippen LogP) is -0.0766. The lowest BCUT2D eigenvalue weighted by Gasteiger charge is -2.05. The van der Waals surface area contributed by atoms with Crippen LogP contribution < -0.4 is 0 Å². The third kappa shape index (κ3) is 2.64. The molecular formula is C8H4N2O6S2. The summed E-state index contributed by atoms with van der Waals surface area (Å²) >= 11 is 0. The Morgan fingerprint density at radius 3 is 1.28 bits per heavy atom. The Hall–Kier alpha value is -1.98. The monoisotopic (exact) mass is 288 g/mol. The van der Waals surface area contributed by atoms with Gasteiger partial charge in [0.1, 0.15) is 21.9 Å². The Morgan fingerprint density at radius 1 is 0.833 bits per heavy atom. The average molecular weight is 288 g/mol. The summed E-state index contributed by atoms with van der Waals surface area (Å²) in [6.45, 7) is 0. The van der Waals surface area contributed by atoms with E-state index in [4.69, 9.17) is 19.6 Å². The van der Waals surface area contributed by atoms with Gasteiger partial charge in [-0.15, -0.1) is 0 Å². The third-order valence-corrected chi connectivity index (χ3v) is 3.80. The van der Waals surface area contributed by atoms with Crippen LogP contribution in [0.4, 0.5) is 0 Å². The van der Waals surface area contributed by atoms with Crippen molar-refractivity contribution in [3.63, 3.8) is 0 Å². The molecule has 0 fully saturated rings. The molecule has 8 nitrogen and oxygen atoms in total. The molecule has 1 aromatic rings. The summed E-state index contributed by atoms with van der Waals surface area (Å²) in [6.07, 6.45) is 0. The second-order valence-electron chi connectivity index (χ2n) is 3.02. The fourth-order valence-electron chi connectivity index (χ4n) is 1.15. The van der Waals surface area contributed by atoms with Crippen LogP contribution in [0.5, 0.6) is 0 Å². The Bertz CT molecular complexity index is 726. The van der Waals surface area contributed by atoms with E-state index in [1.165, 1.54) is 12.1 Å². The van der Waals surface area contributed by atoms with Crippen LogP contribution in [0.2, 0.25) is 0 Å². The summed E-state index contributed by atoms with van der Waals surface area (Å²) in [5, 5.41) is 17.3. The summed E-state index contributed by atoms with van der Waals surface area (Å²) in [4.78, 5) is -2.33. The lowest BCUT2D eigenvalue weighted by atomic mass is 10.1. The summed E-state index contributed by atoms with van der Waals surface area (Å²) in [5.41, 5.74) is -0.893. The SMILES string of the molecule is N#Cc1cc(S(=O)(=O)O)c(S(=O)(=O)O)cc1C#N. The number of nitrogens with zero attached hydrogens (tertiary/aromatic N) is 2. The van der Waals surface area contributed by atoms with Crippen molar-refractivity contribution in [1.29, 1.82) is 10.5 Å². The fraction of sp³-hybridized carbons (Fsp3) is 0. The van der Waals surface area contributed by atoms with Gasteiger partial charge in [0.2, 0.25) is 0 Å². The van der Waals surface area contributed by atoms with Crippen molar-refractivity contribution in [2.24, 2.45) is 0 Å². The normalized spacial score (nSPS) is 11.6. The molecule has 1 rings (SSSR count). The second kappa shape index (κ2) is 4.36. The zero-order chi connectivity index (χ0) is 14.1. The zero-order valence-electron chi connectivity index (χ0n) is 8.39. The van der Waals surface area contributed by atoms with Gasteiger partial charge in [0, 0.05) is 0 Å². The number of rotatable bonds is 2. The van der Waals surface area contributed by atoms with Gasteiger partial charge in [0.15, 0.2) is 0 Å². The molecule has 0 saturated carbocycles. The van der Waals surface area contributed by atoms with Gasteiger partial charge in [-0.2, -0.15) is 27.4 Å². The van der Waals surface area contributed by atoms with E-state index in [0.29, 0.717) is 12.1 Å². The molecule has 0 spiro atoms. The van der Waals surface area contributed by atoms with Gasteiger partial charge in [-0.05, 0) is 12.1 Å². The number of nitriles is 2. The molecule has 10 heteroatoms. The summed E-state index contributed by atoms with van der Waals surface area (Å²) in [7, 11) is -9.95. The standard InChI is InChI=1S/C8H4N2O6S2/c9-3-5-1-7(17(11,12)13)8(18(14,15)16)2-6(5)4-10/h1-2H,(H,11,12,13)(H,14,15,16). The maximum absolute atomic E-state index is 11.0. The maximum Gasteiger partial charge on any atom is 0.295 e. The summed E-state index contributed by atoms with van der Waals surface area (Å²) < 4.78 is 61.5. The molecule has 0 aliphatic rings. The molecule has 2 N–H and O–H groups in total. The molecule has 1 aromatic carbocycles. The van der Waals surface area contributed by atoms with Crippen molar-refractivity contribution < 1.29 is 25.9 Å². The third-order valence-electron chi connectivity index (χ3n) is 1.88. The Labute approximate surface area is 102 Å². The van der Waals surface area contributed by atoms with E-state index in [1.807, 2.05) is 0 Å². The van der Waals surface area contributed by atoms with Gasteiger partial charge in [-0.3, -0.25) is 9.11 Å². The lowest BCUT2D eigenvalue weighted by molar-refractivity contribution is 0.466. The van der Waals surface area contributed by atoms with Gasteiger partial charge in [0.05, 0.1) is 11.1 Å². The van der Waals surface area contributed by atoms with Gasteiger partial charge in [-0.25, -0.2) is 0 Å². The minimum atomic E-state index is -4.97. The largest absolute Gasteiger partial charge is 0.295 e. The van der Waals surface area contributed by atoms with Crippen LogP contribution in [0, 0.1) is 22.7 Å². The number of benzene rings is 1. The fourth-order valence-corrected chi connectivity index (χ4v) is 2.94. The topological polar surface area (TPSA) is 156 Å². The van der Waals surface area contributed by atoms with Crippen molar-refractivity contribution in [3.8, 4) is 12.1 Å². The van der Waals surface area contributed by atoms with E-state index in [0.717, 1.165) is 0 Å². The van der Waals surface area contributed by atoms with Crippen molar-refractivity contribution >= 4 is 20.2 Å². The van der Waals surface area contributed by atoms with E-state index < -0.39 is 41.2 Å². The summed E-state index contributed by atoms with van der Waals surface area (Å²) in [6, 6.07) is 3.92. The van der Waals surface area contributed by atoms with E-state index in [-0.39, 0.29) is 0 Å². The zero-order valence-corrected chi connectivity index (χ0v) is 10.0. The highest BCUT2D eigenvalue weighted by atomic mass is 32.2. The van der Waals surface area contributed by atoms with Crippen LogP contribution in [-0.4, -0.2) is 25.9 Å². The van der Waals surface area contributed by atoms with E-state index >= 15 is 0 Å². The molecular weight excluding hydrogens is 284 g/mol. The van der Waals surface area contributed by atoms with Crippen LogP contribution in [0.25, 0.3) is 0 Å². The highest BCUT2D eigenvalue weighted by Gasteiger charge is 2.26. The highest BCUT2D eigenvalue weighted by Crippen LogP contribution is 2.24. The van der Waals surface area contributed by atoms with Crippen LogP contribution in [-0.2, 0) is 20.2 Å². The first-order chi connectivity index (χ1) is 8.11. The second-order valence-corrected chi connectivity index (χ2v) is 5.80. The Balaban J connectivity index is 3.95. The Morgan fingerprint density at radius 2 is 1.11 bits per heavy atom. The first kappa shape index (κ1) is 14.1. The quantitative estimate of drug-likeness (QED) is 0.715. The van der Waals surface area contributed by atoms with Crippen LogP contribution >= 0.6 is 0 Å². The molecule has 0 bridgehead atoms. The van der Waals surface area contributed by atoms with Crippen LogP contribution in [0.15, 0.2) is 21.9 Å². The van der Waals surface area contributed by atoms with E-state index in [9.17, 15) is 16.8 Å². The van der Waals surface area contributed by atoms with Gasteiger partial charge in [-0.1, -0.05) is 0 Å². The van der Waals surface area contributed by atoms with Crippen LogP contribution in [0.3, 0.4) is 0 Å². The van der Waals surface area contributed by atoms with Gasteiger partial charge < -0.3 is 0 Å². The molecule has 0 atom stereocenters. The molecule has 0 amide bonds. The van der Waals surface area contributed by atoms with Crippen molar-refractivity contribution in [1.82, 2.24) is 0 Å². The molecule has 0 aromatic heterocycles. The Kier molecular flexibility index (Phi) is 3.41. The smallest absolute Gasteiger partial charge is 0.282 e. The van der Waals surface area contributed by atoms with Gasteiger partial charge in [0.25, 0.3) is 20.2 Å². The first-order valence-electron chi connectivity index (χ1n) is 4.04. The van der Waals surface area contributed by atoms with Gasteiger partial charge >= 0.3 is 0 Å². The minimum Gasteiger partial charge on any atom is -0.282 e. The van der Waals surface area contributed by atoms with Crippen molar-refractivity contribution in [3.05, 3.63) is 23.3 Å². The van der Waals surface area contributed by atoms with E-state index in [1.54, 1.807) is 0 Å². The molecule has 94 valence electrons. The molecule has 0 radical (unpaired) electrons. The minimum absolute atomic E-state index is 0.447. The molecule has 0 aliphatic carbocycles. The highest BCUT2D eigenvalue weighted by molar-refractivity contribution is 7.89. The molecule has 18 heavy (non-hydrogen) atoms. The summed E-state index contributed by atoms with van der Waals surface area (Å²) in [5.74, 6) is 0. The molecule has 0 aliphatic heterocycles. The van der Waals surface area contributed by atoms with Crippen molar-refractivity contribution in [2.75, 3.05) is 0 Å². The predicted molar refractivity (Wildman–Crippen MR) is 55.5 cm³/mol. The first-order valence-corrected chi connectivity index (χ1v) is 6.92. The van der Waals surface area contributed by atoms with Crippen LogP contribution in [0.1, 0.15) is 11.1 Å². The molecule has 0 heterocycles. The average Bonchev–Trinajstić information content (AvgIpc) is 2.24. The number of hydrogen-bond acceptors (Lipinski definition) is 6. The van der Waals surface area contributed by atoms with Crippen molar-refractivity contribution in [2.45, 2.75) is 9.79 Å². The molecule has 0 unspecified atom stereocenters. The van der Waals surface area contributed by atoms with E-state index in [2.05, 4.69) is 0 Å². The lowest BCUT2D eigenvalue weighted by Crippen LogP contribution is -2.09.